The van der Waals surface area contributed by atoms with E-state index < -0.39 is 5.97 Å². The van der Waals surface area contributed by atoms with Gasteiger partial charge < -0.3 is 5.11 Å². The van der Waals surface area contributed by atoms with Gasteiger partial charge in [0.1, 0.15) is 5.03 Å². The van der Waals surface area contributed by atoms with Crippen LogP contribution >= 0.6 is 34.7 Å². The molecule has 0 aliphatic carbocycles. The first-order valence-corrected chi connectivity index (χ1v) is 7.35. The smallest absolute Gasteiger partial charge is 0.355 e. The summed E-state index contributed by atoms with van der Waals surface area (Å²) in [5.41, 5.74) is 0.191. The maximum absolute atomic E-state index is 11.3. The van der Waals surface area contributed by atoms with Gasteiger partial charge in [-0.05, 0) is 24.3 Å². The van der Waals surface area contributed by atoms with Crippen molar-refractivity contribution in [2.75, 3.05) is 0 Å². The van der Waals surface area contributed by atoms with E-state index in [4.69, 9.17) is 11.6 Å². The number of rotatable bonds is 3. The summed E-state index contributed by atoms with van der Waals surface area (Å²) in [6.45, 7) is 0. The van der Waals surface area contributed by atoms with E-state index in [-0.39, 0.29) is 5.69 Å². The molecule has 3 rings (SSSR count). The first-order valence-electron chi connectivity index (χ1n) is 5.27. The van der Waals surface area contributed by atoms with E-state index >= 15 is 0 Å². The fourth-order valence-corrected chi connectivity index (χ4v) is 3.45. The van der Waals surface area contributed by atoms with Gasteiger partial charge in [0, 0.05) is 21.5 Å². The van der Waals surface area contributed by atoms with Gasteiger partial charge in [0.2, 0.25) is 0 Å². The highest BCUT2D eigenvalue weighted by Crippen LogP contribution is 2.32. The molecule has 0 radical (unpaired) electrons. The molecule has 0 saturated heterocycles. The lowest BCUT2D eigenvalue weighted by Crippen LogP contribution is -2.01. The Labute approximate surface area is 121 Å². The molecule has 96 valence electrons. The summed E-state index contributed by atoms with van der Waals surface area (Å²) in [5.74, 6) is -0.984. The fourth-order valence-electron chi connectivity index (χ4n) is 1.65. The Morgan fingerprint density at radius 1 is 1.37 bits per heavy atom. The van der Waals surface area contributed by atoms with Crippen LogP contribution in [0.4, 0.5) is 0 Å². The zero-order chi connectivity index (χ0) is 13.4. The number of fused-ring (bicyclic) bond motifs is 1. The minimum Gasteiger partial charge on any atom is -0.476 e. The normalized spacial score (nSPS) is 11.0. The summed E-state index contributed by atoms with van der Waals surface area (Å²) >= 11 is 8.55. The highest BCUT2D eigenvalue weighted by atomic mass is 35.5. The molecule has 7 heteroatoms. The van der Waals surface area contributed by atoms with Crippen molar-refractivity contribution in [1.82, 2.24) is 9.38 Å². The van der Waals surface area contributed by atoms with Crippen LogP contribution in [-0.4, -0.2) is 20.5 Å². The second-order valence-corrected chi connectivity index (χ2v) is 6.05. The first kappa shape index (κ1) is 12.5. The standard InChI is InChI=1S/C12H7ClN2O2S2/c13-7-1-3-8(4-2-7)19-10-9(11(16)17)15-5-6-18-12(15)14-10/h1-6H,(H,16,17). The molecule has 2 aromatic heterocycles. The summed E-state index contributed by atoms with van der Waals surface area (Å²) in [6, 6.07) is 7.21. The Morgan fingerprint density at radius 2 is 2.11 bits per heavy atom. The second kappa shape index (κ2) is 4.88. The number of hydrogen-bond donors (Lipinski definition) is 1. The van der Waals surface area contributed by atoms with Crippen LogP contribution in [0.5, 0.6) is 0 Å². The summed E-state index contributed by atoms with van der Waals surface area (Å²) in [6.07, 6.45) is 1.71. The molecule has 1 N–H and O–H groups in total. The average molecular weight is 311 g/mol. The average Bonchev–Trinajstić information content (AvgIpc) is 2.91. The van der Waals surface area contributed by atoms with Crippen molar-refractivity contribution >= 4 is 45.6 Å². The predicted octanol–water partition coefficient (Wildman–Crippen LogP) is 3.90. The fraction of sp³-hybridized carbons (Fsp3) is 0. The van der Waals surface area contributed by atoms with Gasteiger partial charge >= 0.3 is 5.97 Å². The molecule has 0 spiro atoms. The quantitative estimate of drug-likeness (QED) is 0.797. The second-order valence-electron chi connectivity index (χ2n) is 3.68. The van der Waals surface area contributed by atoms with Crippen LogP contribution in [0.1, 0.15) is 10.5 Å². The van der Waals surface area contributed by atoms with Crippen LogP contribution < -0.4 is 0 Å². The third-order valence-electron chi connectivity index (χ3n) is 2.46. The van der Waals surface area contributed by atoms with Crippen molar-refractivity contribution in [3.63, 3.8) is 0 Å². The van der Waals surface area contributed by atoms with Crippen molar-refractivity contribution in [1.29, 1.82) is 0 Å². The lowest BCUT2D eigenvalue weighted by molar-refractivity contribution is 0.0685. The molecule has 0 aliphatic rings. The Bertz CT molecular complexity index is 749. The molecule has 1 aromatic carbocycles. The van der Waals surface area contributed by atoms with Crippen molar-refractivity contribution in [2.45, 2.75) is 9.92 Å². The van der Waals surface area contributed by atoms with Crippen LogP contribution in [0.3, 0.4) is 0 Å². The number of carboxylic acid groups (broad SMARTS) is 1. The van der Waals surface area contributed by atoms with E-state index in [0.717, 1.165) is 4.90 Å². The summed E-state index contributed by atoms with van der Waals surface area (Å²) in [5, 5.41) is 12.2. The SMILES string of the molecule is O=C(O)c1c(Sc2ccc(Cl)cc2)nc2sccn12. The van der Waals surface area contributed by atoms with E-state index in [1.165, 1.54) is 23.1 Å². The van der Waals surface area contributed by atoms with Gasteiger partial charge in [-0.2, -0.15) is 0 Å². The van der Waals surface area contributed by atoms with Crippen LogP contribution in [0, 0.1) is 0 Å². The largest absolute Gasteiger partial charge is 0.476 e. The van der Waals surface area contributed by atoms with Crippen molar-refractivity contribution in [3.8, 4) is 0 Å². The molecular formula is C12H7ClN2O2S2. The zero-order valence-corrected chi connectivity index (χ0v) is 11.8. The molecule has 0 saturated carbocycles. The molecule has 0 unspecified atom stereocenters. The molecule has 19 heavy (non-hydrogen) atoms. The van der Waals surface area contributed by atoms with E-state index in [2.05, 4.69) is 4.98 Å². The minimum atomic E-state index is -0.984. The van der Waals surface area contributed by atoms with E-state index in [0.29, 0.717) is 15.0 Å². The van der Waals surface area contributed by atoms with Gasteiger partial charge in [-0.3, -0.25) is 4.40 Å². The van der Waals surface area contributed by atoms with Crippen LogP contribution in [0.15, 0.2) is 45.8 Å². The summed E-state index contributed by atoms with van der Waals surface area (Å²) in [7, 11) is 0. The zero-order valence-electron chi connectivity index (χ0n) is 9.41. The maximum Gasteiger partial charge on any atom is 0.355 e. The number of carbonyl (C=O) groups is 1. The molecule has 0 amide bonds. The molecule has 4 nitrogen and oxygen atoms in total. The van der Waals surface area contributed by atoms with Gasteiger partial charge in [-0.25, -0.2) is 9.78 Å². The number of hydrogen-bond acceptors (Lipinski definition) is 4. The molecule has 0 bridgehead atoms. The lowest BCUT2D eigenvalue weighted by Gasteiger charge is -2.00. The van der Waals surface area contributed by atoms with E-state index in [1.54, 1.807) is 22.7 Å². The van der Waals surface area contributed by atoms with Crippen molar-refractivity contribution in [3.05, 3.63) is 46.6 Å². The molecule has 3 aromatic rings. The maximum atomic E-state index is 11.3. The monoisotopic (exact) mass is 310 g/mol. The van der Waals surface area contributed by atoms with Crippen molar-refractivity contribution in [2.24, 2.45) is 0 Å². The number of aromatic carboxylic acids is 1. The van der Waals surface area contributed by atoms with Crippen LogP contribution in [-0.2, 0) is 0 Å². The van der Waals surface area contributed by atoms with E-state index in [9.17, 15) is 9.90 Å². The first-order chi connectivity index (χ1) is 9.15. The highest BCUT2D eigenvalue weighted by Gasteiger charge is 2.20. The van der Waals surface area contributed by atoms with Crippen LogP contribution in [0.2, 0.25) is 5.02 Å². The van der Waals surface area contributed by atoms with Gasteiger partial charge in [-0.15, -0.1) is 11.3 Å². The highest BCUT2D eigenvalue weighted by molar-refractivity contribution is 7.99. The Kier molecular flexibility index (Phi) is 3.22. The molecule has 0 atom stereocenters. The number of carboxylic acids is 1. The summed E-state index contributed by atoms with van der Waals surface area (Å²) < 4.78 is 1.59. The molecule has 2 heterocycles. The molecule has 0 aliphatic heterocycles. The Morgan fingerprint density at radius 3 is 2.79 bits per heavy atom. The molecular weight excluding hydrogens is 304 g/mol. The number of aromatic nitrogens is 2. The van der Waals surface area contributed by atoms with Gasteiger partial charge in [0.15, 0.2) is 10.7 Å². The number of benzene rings is 1. The lowest BCUT2D eigenvalue weighted by atomic mass is 10.4. The Balaban J connectivity index is 2.04. The Hall–Kier alpha value is -1.50. The van der Waals surface area contributed by atoms with Gasteiger partial charge in [0.05, 0.1) is 0 Å². The topological polar surface area (TPSA) is 54.6 Å². The van der Waals surface area contributed by atoms with E-state index in [1.807, 2.05) is 17.5 Å². The van der Waals surface area contributed by atoms with Crippen molar-refractivity contribution < 1.29 is 9.90 Å². The summed E-state index contributed by atoms with van der Waals surface area (Å²) in [4.78, 5) is 17.3. The minimum absolute atomic E-state index is 0.191. The number of halogens is 1. The van der Waals surface area contributed by atoms with Gasteiger partial charge in [-0.1, -0.05) is 23.4 Å². The predicted molar refractivity (Wildman–Crippen MR) is 75.6 cm³/mol. The number of imidazole rings is 1. The third kappa shape index (κ3) is 2.34. The van der Waals surface area contributed by atoms with Crippen LogP contribution in [0.25, 0.3) is 4.96 Å². The third-order valence-corrected chi connectivity index (χ3v) is 4.46. The molecule has 0 fully saturated rings. The van der Waals surface area contributed by atoms with Gasteiger partial charge in [0.25, 0.3) is 0 Å². The number of nitrogens with zero attached hydrogens (tertiary/aromatic N) is 2. The number of thiazole rings is 1.